The van der Waals surface area contributed by atoms with Gasteiger partial charge in [0.05, 0.1) is 5.69 Å². The van der Waals surface area contributed by atoms with Crippen LogP contribution in [0.15, 0.2) is 30.3 Å². The fourth-order valence-corrected chi connectivity index (χ4v) is 1.55. The molecule has 17 heavy (non-hydrogen) atoms. The third-order valence-corrected chi connectivity index (χ3v) is 2.48. The van der Waals surface area contributed by atoms with Crippen LogP contribution in [0.5, 0.6) is 0 Å². The first-order chi connectivity index (χ1) is 8.27. The van der Waals surface area contributed by atoms with Crippen LogP contribution in [0, 0.1) is 6.92 Å². The van der Waals surface area contributed by atoms with Gasteiger partial charge in [0.2, 0.25) is 0 Å². The highest BCUT2D eigenvalue weighted by atomic mass is 16.2. The lowest BCUT2D eigenvalue weighted by atomic mass is 10.1. The normalized spacial score (nSPS) is 10.2. The highest BCUT2D eigenvalue weighted by Gasteiger charge is 2.11. The van der Waals surface area contributed by atoms with Crippen LogP contribution < -0.4 is 5.32 Å². The van der Waals surface area contributed by atoms with Crippen molar-refractivity contribution in [2.24, 2.45) is 0 Å². The van der Waals surface area contributed by atoms with Gasteiger partial charge in [0.15, 0.2) is 5.69 Å². The lowest BCUT2D eigenvalue weighted by Gasteiger charge is -2.03. The second-order valence-corrected chi connectivity index (χ2v) is 3.75. The number of aromatic amines is 1. The number of H-pyrrole nitrogens is 1. The van der Waals surface area contributed by atoms with Gasteiger partial charge in [-0.3, -0.25) is 4.79 Å². The fraction of sp³-hybridized carbons (Fsp3) is 0.250. The first-order valence-corrected chi connectivity index (χ1v) is 5.47. The maximum atomic E-state index is 11.7. The number of hydrogen-bond acceptors (Lipinski definition) is 3. The van der Waals surface area contributed by atoms with Crippen molar-refractivity contribution in [2.75, 3.05) is 6.54 Å². The van der Waals surface area contributed by atoms with Gasteiger partial charge in [0.25, 0.3) is 5.91 Å². The van der Waals surface area contributed by atoms with Crippen LogP contribution in [0.2, 0.25) is 0 Å². The molecule has 1 aromatic heterocycles. The van der Waals surface area contributed by atoms with Crippen molar-refractivity contribution in [3.05, 3.63) is 47.3 Å². The van der Waals surface area contributed by atoms with E-state index in [0.717, 1.165) is 6.42 Å². The molecule has 0 unspecified atom stereocenters. The van der Waals surface area contributed by atoms with Gasteiger partial charge < -0.3 is 5.32 Å². The summed E-state index contributed by atoms with van der Waals surface area (Å²) in [6.07, 6.45) is 0.809. The van der Waals surface area contributed by atoms with Crippen LogP contribution in [0.25, 0.3) is 0 Å². The van der Waals surface area contributed by atoms with Crippen molar-refractivity contribution in [1.29, 1.82) is 0 Å². The molecule has 0 radical (unpaired) electrons. The third-order valence-electron chi connectivity index (χ3n) is 2.48. The smallest absolute Gasteiger partial charge is 0.273 e. The summed E-state index contributed by atoms with van der Waals surface area (Å²) in [5.41, 5.74) is 2.17. The number of rotatable bonds is 4. The summed E-state index contributed by atoms with van der Waals surface area (Å²) in [7, 11) is 0. The molecule has 0 aliphatic rings. The predicted octanol–water partition coefficient (Wildman–Crippen LogP) is 1.09. The molecule has 2 N–H and O–H groups in total. The zero-order valence-electron chi connectivity index (χ0n) is 9.60. The highest BCUT2D eigenvalue weighted by molar-refractivity contribution is 5.93. The van der Waals surface area contributed by atoms with Gasteiger partial charge in [-0.25, -0.2) is 0 Å². The number of benzene rings is 1. The molecule has 1 amide bonds. The minimum atomic E-state index is -0.188. The van der Waals surface area contributed by atoms with Crippen LogP contribution in [0.4, 0.5) is 0 Å². The Kier molecular flexibility index (Phi) is 3.49. The molecular weight excluding hydrogens is 216 g/mol. The minimum absolute atomic E-state index is 0.188. The Labute approximate surface area is 99.2 Å². The lowest BCUT2D eigenvalue weighted by Crippen LogP contribution is -2.26. The van der Waals surface area contributed by atoms with E-state index in [2.05, 4.69) is 20.7 Å². The van der Waals surface area contributed by atoms with Crippen LogP contribution in [-0.2, 0) is 6.42 Å². The van der Waals surface area contributed by atoms with Crippen molar-refractivity contribution < 1.29 is 4.79 Å². The van der Waals surface area contributed by atoms with E-state index in [9.17, 15) is 4.79 Å². The van der Waals surface area contributed by atoms with E-state index in [0.29, 0.717) is 17.9 Å². The van der Waals surface area contributed by atoms with Gasteiger partial charge in [-0.1, -0.05) is 30.3 Å². The Balaban J connectivity index is 1.84. The molecule has 0 atom stereocenters. The second-order valence-electron chi connectivity index (χ2n) is 3.75. The molecule has 5 nitrogen and oxygen atoms in total. The fourth-order valence-electron chi connectivity index (χ4n) is 1.55. The molecule has 0 aliphatic heterocycles. The average molecular weight is 230 g/mol. The number of carbonyl (C=O) groups is 1. The molecule has 0 bridgehead atoms. The number of aromatic nitrogens is 3. The predicted molar refractivity (Wildman–Crippen MR) is 63.6 cm³/mol. The Morgan fingerprint density at radius 1 is 1.29 bits per heavy atom. The standard InChI is InChI=1S/C12H14N4O/c1-9-11(15-16-14-9)12(17)13-8-7-10-5-3-2-4-6-10/h2-6H,7-8H2,1H3,(H,13,17)(H,14,15,16). The summed E-state index contributed by atoms with van der Waals surface area (Å²) in [6.45, 7) is 2.34. The molecule has 0 fully saturated rings. The van der Waals surface area contributed by atoms with E-state index >= 15 is 0 Å². The van der Waals surface area contributed by atoms with Crippen LogP contribution in [0.3, 0.4) is 0 Å². The Morgan fingerprint density at radius 2 is 2.06 bits per heavy atom. The largest absolute Gasteiger partial charge is 0.350 e. The average Bonchev–Trinajstić information content (AvgIpc) is 2.77. The molecule has 5 heteroatoms. The molecule has 0 spiro atoms. The van der Waals surface area contributed by atoms with Crippen molar-refractivity contribution >= 4 is 5.91 Å². The molecule has 88 valence electrons. The van der Waals surface area contributed by atoms with Crippen LogP contribution in [0.1, 0.15) is 21.7 Å². The zero-order chi connectivity index (χ0) is 12.1. The van der Waals surface area contributed by atoms with Crippen molar-refractivity contribution in [2.45, 2.75) is 13.3 Å². The first-order valence-electron chi connectivity index (χ1n) is 5.47. The van der Waals surface area contributed by atoms with Crippen molar-refractivity contribution in [3.8, 4) is 0 Å². The van der Waals surface area contributed by atoms with Gasteiger partial charge in [0, 0.05) is 6.54 Å². The van der Waals surface area contributed by atoms with E-state index in [4.69, 9.17) is 0 Å². The second kappa shape index (κ2) is 5.25. The monoisotopic (exact) mass is 230 g/mol. The Bertz CT molecular complexity index is 492. The molecule has 1 aromatic carbocycles. The highest BCUT2D eigenvalue weighted by Crippen LogP contribution is 2.00. The Morgan fingerprint density at radius 3 is 2.71 bits per heavy atom. The number of nitrogens with one attached hydrogen (secondary N) is 2. The number of amides is 1. The zero-order valence-corrected chi connectivity index (χ0v) is 9.60. The molecular formula is C12H14N4O. The number of carbonyl (C=O) groups excluding carboxylic acids is 1. The molecule has 0 aliphatic carbocycles. The maximum absolute atomic E-state index is 11.7. The summed E-state index contributed by atoms with van der Waals surface area (Å²) in [5.74, 6) is -0.188. The third kappa shape index (κ3) is 2.90. The molecule has 0 saturated carbocycles. The van der Waals surface area contributed by atoms with Crippen molar-refractivity contribution in [3.63, 3.8) is 0 Å². The summed E-state index contributed by atoms with van der Waals surface area (Å²) in [4.78, 5) is 11.7. The van der Waals surface area contributed by atoms with Gasteiger partial charge in [-0.15, -0.1) is 0 Å². The van der Waals surface area contributed by atoms with Crippen LogP contribution in [-0.4, -0.2) is 27.9 Å². The van der Waals surface area contributed by atoms with Gasteiger partial charge in [-0.2, -0.15) is 15.4 Å². The minimum Gasteiger partial charge on any atom is -0.350 e. The van der Waals surface area contributed by atoms with Crippen molar-refractivity contribution in [1.82, 2.24) is 20.7 Å². The van der Waals surface area contributed by atoms with Crippen LogP contribution >= 0.6 is 0 Å². The number of hydrogen-bond donors (Lipinski definition) is 2. The molecule has 2 rings (SSSR count). The van der Waals surface area contributed by atoms with Gasteiger partial charge in [0.1, 0.15) is 0 Å². The Hall–Kier alpha value is -2.17. The first kappa shape index (κ1) is 11.3. The topological polar surface area (TPSA) is 70.7 Å². The molecule has 2 aromatic rings. The quantitative estimate of drug-likeness (QED) is 0.825. The molecule has 1 heterocycles. The number of aryl methyl sites for hydroxylation is 1. The van der Waals surface area contributed by atoms with Gasteiger partial charge in [-0.05, 0) is 18.9 Å². The summed E-state index contributed by atoms with van der Waals surface area (Å²) in [5, 5.41) is 12.8. The summed E-state index contributed by atoms with van der Waals surface area (Å²) in [6, 6.07) is 10.0. The summed E-state index contributed by atoms with van der Waals surface area (Å²) < 4.78 is 0. The van der Waals surface area contributed by atoms with E-state index in [1.165, 1.54) is 5.56 Å². The van der Waals surface area contributed by atoms with E-state index < -0.39 is 0 Å². The van der Waals surface area contributed by atoms with E-state index in [-0.39, 0.29) is 5.91 Å². The van der Waals surface area contributed by atoms with Gasteiger partial charge >= 0.3 is 0 Å². The maximum Gasteiger partial charge on any atom is 0.273 e. The van der Waals surface area contributed by atoms with E-state index in [1.807, 2.05) is 30.3 Å². The summed E-state index contributed by atoms with van der Waals surface area (Å²) >= 11 is 0. The molecule has 0 saturated heterocycles. The van der Waals surface area contributed by atoms with E-state index in [1.54, 1.807) is 6.92 Å². The lowest BCUT2D eigenvalue weighted by molar-refractivity contribution is 0.0948. The SMILES string of the molecule is Cc1n[nH]nc1C(=O)NCCc1ccccc1. The number of nitrogens with zero attached hydrogens (tertiary/aromatic N) is 2.